The zero-order valence-electron chi connectivity index (χ0n) is 14.8. The number of hydrogen-bond donors (Lipinski definition) is 1. The van der Waals surface area contributed by atoms with Crippen molar-refractivity contribution in [3.63, 3.8) is 0 Å². The van der Waals surface area contributed by atoms with Crippen molar-refractivity contribution < 1.29 is 4.74 Å². The highest BCUT2D eigenvalue weighted by atomic mass is 16.5. The molecule has 132 valence electrons. The van der Waals surface area contributed by atoms with Crippen LogP contribution in [-0.4, -0.2) is 68.2 Å². The van der Waals surface area contributed by atoms with Gasteiger partial charge in [0.2, 0.25) is 0 Å². The van der Waals surface area contributed by atoms with Gasteiger partial charge in [0.25, 0.3) is 0 Å². The minimum absolute atomic E-state index is 0.443. The maximum atomic E-state index is 5.68. The zero-order chi connectivity index (χ0) is 16.6. The van der Waals surface area contributed by atoms with Crippen LogP contribution in [0, 0.1) is 0 Å². The first-order chi connectivity index (χ1) is 11.8. The number of nitrogens with zero attached hydrogens (tertiary/aromatic N) is 3. The van der Waals surface area contributed by atoms with Crippen molar-refractivity contribution in [1.82, 2.24) is 15.1 Å². The number of hydrogen-bond acceptors (Lipinski definition) is 3. The van der Waals surface area contributed by atoms with Crippen molar-refractivity contribution in [2.24, 2.45) is 4.99 Å². The van der Waals surface area contributed by atoms with Crippen LogP contribution in [0.25, 0.3) is 0 Å². The molecule has 0 aliphatic carbocycles. The summed E-state index contributed by atoms with van der Waals surface area (Å²) in [7, 11) is 1.88. The number of rotatable bonds is 5. The van der Waals surface area contributed by atoms with Crippen molar-refractivity contribution in [3.05, 3.63) is 35.9 Å². The Hall–Kier alpha value is -1.59. The number of ether oxygens (including phenoxy) is 1. The molecular formula is C19H30N4O. The van der Waals surface area contributed by atoms with Crippen LogP contribution in [0.2, 0.25) is 0 Å². The van der Waals surface area contributed by atoms with Crippen LogP contribution in [0.4, 0.5) is 0 Å². The van der Waals surface area contributed by atoms with E-state index in [1.54, 1.807) is 0 Å². The van der Waals surface area contributed by atoms with Crippen molar-refractivity contribution in [2.75, 3.05) is 46.4 Å². The molecule has 0 amide bonds. The summed E-state index contributed by atoms with van der Waals surface area (Å²) in [5, 5.41) is 3.51. The minimum Gasteiger partial charge on any atom is -0.378 e. The molecule has 2 aliphatic rings. The van der Waals surface area contributed by atoms with E-state index in [4.69, 9.17) is 4.74 Å². The predicted octanol–water partition coefficient (Wildman–Crippen LogP) is 1.95. The number of aliphatic imine (C=N–C) groups is 1. The van der Waals surface area contributed by atoms with Crippen LogP contribution in [0.5, 0.6) is 0 Å². The normalized spacial score (nSPS) is 22.8. The fraction of sp³-hybridized carbons (Fsp3) is 0.632. The topological polar surface area (TPSA) is 40.1 Å². The standard InChI is InChI=1S/C19H30N4O/c1-20-19(21-10-9-18-8-5-15-24-18)23-13-11-22(12-14-23)16-17-6-3-2-4-7-17/h2-4,6-7,18H,5,8-16H2,1H3,(H,20,21). The maximum Gasteiger partial charge on any atom is 0.193 e. The number of nitrogens with one attached hydrogen (secondary N) is 1. The Bertz CT molecular complexity index is 505. The molecule has 0 aromatic heterocycles. The SMILES string of the molecule is CN=C(NCCC1CCCO1)N1CCN(Cc2ccccc2)CC1. The molecule has 5 heteroatoms. The lowest BCUT2D eigenvalue weighted by atomic mass is 10.2. The van der Waals surface area contributed by atoms with Gasteiger partial charge < -0.3 is 15.0 Å². The van der Waals surface area contributed by atoms with Gasteiger partial charge in [0, 0.05) is 52.9 Å². The van der Waals surface area contributed by atoms with Gasteiger partial charge in [-0.1, -0.05) is 30.3 Å². The van der Waals surface area contributed by atoms with Gasteiger partial charge in [0.15, 0.2) is 5.96 Å². The molecule has 3 rings (SSSR count). The molecule has 1 aromatic carbocycles. The Morgan fingerprint density at radius 1 is 1.21 bits per heavy atom. The molecule has 2 heterocycles. The van der Waals surface area contributed by atoms with Crippen LogP contribution in [0.3, 0.4) is 0 Å². The van der Waals surface area contributed by atoms with E-state index in [1.165, 1.54) is 18.4 Å². The monoisotopic (exact) mass is 330 g/mol. The molecular weight excluding hydrogens is 300 g/mol. The maximum absolute atomic E-state index is 5.68. The summed E-state index contributed by atoms with van der Waals surface area (Å²) in [6, 6.07) is 10.7. The summed E-state index contributed by atoms with van der Waals surface area (Å²) in [5.74, 6) is 1.03. The lowest BCUT2D eigenvalue weighted by Crippen LogP contribution is -2.52. The fourth-order valence-corrected chi connectivity index (χ4v) is 3.51. The average Bonchev–Trinajstić information content (AvgIpc) is 3.14. The van der Waals surface area contributed by atoms with Gasteiger partial charge in [-0.15, -0.1) is 0 Å². The van der Waals surface area contributed by atoms with Gasteiger partial charge >= 0.3 is 0 Å². The van der Waals surface area contributed by atoms with Crippen LogP contribution >= 0.6 is 0 Å². The molecule has 24 heavy (non-hydrogen) atoms. The van der Waals surface area contributed by atoms with E-state index in [9.17, 15) is 0 Å². The molecule has 2 aliphatic heterocycles. The third-order valence-electron chi connectivity index (χ3n) is 4.91. The first-order valence-corrected chi connectivity index (χ1v) is 9.18. The highest BCUT2D eigenvalue weighted by Crippen LogP contribution is 2.14. The van der Waals surface area contributed by atoms with Gasteiger partial charge in [0.1, 0.15) is 0 Å². The molecule has 2 saturated heterocycles. The van der Waals surface area contributed by atoms with Gasteiger partial charge in [-0.3, -0.25) is 9.89 Å². The lowest BCUT2D eigenvalue weighted by molar-refractivity contribution is 0.105. The van der Waals surface area contributed by atoms with Crippen LogP contribution in [-0.2, 0) is 11.3 Å². The minimum atomic E-state index is 0.443. The van der Waals surface area contributed by atoms with E-state index >= 15 is 0 Å². The Balaban J connectivity index is 1.39. The molecule has 1 unspecified atom stereocenters. The van der Waals surface area contributed by atoms with Crippen molar-refractivity contribution in [3.8, 4) is 0 Å². The third kappa shape index (κ3) is 4.95. The Morgan fingerprint density at radius 3 is 2.67 bits per heavy atom. The van der Waals surface area contributed by atoms with Crippen molar-refractivity contribution >= 4 is 5.96 Å². The molecule has 0 saturated carbocycles. The van der Waals surface area contributed by atoms with Gasteiger partial charge in [-0.25, -0.2) is 0 Å². The van der Waals surface area contributed by atoms with Gasteiger partial charge in [-0.05, 0) is 24.8 Å². The smallest absolute Gasteiger partial charge is 0.193 e. The fourth-order valence-electron chi connectivity index (χ4n) is 3.51. The molecule has 1 atom stereocenters. The Labute approximate surface area is 145 Å². The number of guanidine groups is 1. The molecule has 1 N–H and O–H groups in total. The second kappa shape index (κ2) is 9.04. The number of piperazine rings is 1. The summed E-state index contributed by atoms with van der Waals surface area (Å²) in [6.45, 7) is 7.16. The second-order valence-corrected chi connectivity index (χ2v) is 6.65. The molecule has 0 bridgehead atoms. The molecule has 0 radical (unpaired) electrons. The van der Waals surface area contributed by atoms with E-state index in [2.05, 4.69) is 50.4 Å². The quantitative estimate of drug-likeness (QED) is 0.662. The van der Waals surface area contributed by atoms with E-state index in [1.807, 2.05) is 7.05 Å². The zero-order valence-corrected chi connectivity index (χ0v) is 14.8. The summed E-state index contributed by atoms with van der Waals surface area (Å²) in [4.78, 5) is 9.35. The molecule has 2 fully saturated rings. The van der Waals surface area contributed by atoms with E-state index < -0.39 is 0 Å². The summed E-state index contributed by atoms with van der Waals surface area (Å²) >= 11 is 0. The van der Waals surface area contributed by atoms with Crippen LogP contribution in [0.15, 0.2) is 35.3 Å². The summed E-state index contributed by atoms with van der Waals surface area (Å²) in [5.41, 5.74) is 1.39. The highest BCUT2D eigenvalue weighted by Gasteiger charge is 2.20. The van der Waals surface area contributed by atoms with Crippen LogP contribution < -0.4 is 5.32 Å². The molecule has 5 nitrogen and oxygen atoms in total. The Kier molecular flexibility index (Phi) is 6.49. The van der Waals surface area contributed by atoms with E-state index in [-0.39, 0.29) is 0 Å². The van der Waals surface area contributed by atoms with E-state index in [0.717, 1.165) is 58.3 Å². The summed E-state index contributed by atoms with van der Waals surface area (Å²) in [6.07, 6.45) is 3.94. The van der Waals surface area contributed by atoms with E-state index in [0.29, 0.717) is 6.10 Å². The largest absolute Gasteiger partial charge is 0.378 e. The molecule has 1 aromatic rings. The first-order valence-electron chi connectivity index (χ1n) is 9.18. The summed E-state index contributed by atoms with van der Waals surface area (Å²) < 4.78 is 5.68. The van der Waals surface area contributed by atoms with Crippen molar-refractivity contribution in [1.29, 1.82) is 0 Å². The predicted molar refractivity (Wildman–Crippen MR) is 98.2 cm³/mol. The average molecular weight is 330 g/mol. The lowest BCUT2D eigenvalue weighted by Gasteiger charge is -2.36. The van der Waals surface area contributed by atoms with Gasteiger partial charge in [0.05, 0.1) is 6.10 Å². The Morgan fingerprint density at radius 2 is 2.00 bits per heavy atom. The van der Waals surface area contributed by atoms with Crippen LogP contribution in [0.1, 0.15) is 24.8 Å². The second-order valence-electron chi connectivity index (χ2n) is 6.65. The third-order valence-corrected chi connectivity index (χ3v) is 4.91. The highest BCUT2D eigenvalue weighted by molar-refractivity contribution is 5.79. The molecule has 0 spiro atoms. The van der Waals surface area contributed by atoms with Crippen molar-refractivity contribution in [2.45, 2.75) is 31.9 Å². The first kappa shape index (κ1) is 17.2. The van der Waals surface area contributed by atoms with Gasteiger partial charge in [-0.2, -0.15) is 0 Å². The number of benzene rings is 1.